The van der Waals surface area contributed by atoms with Crippen LogP contribution in [-0.4, -0.2) is 27.3 Å². The summed E-state index contributed by atoms with van der Waals surface area (Å²) in [5, 5.41) is 3.14. The molecule has 0 aromatic heterocycles. The molecule has 0 bridgehead atoms. The van der Waals surface area contributed by atoms with Gasteiger partial charge in [-0.05, 0) is 31.7 Å². The van der Waals surface area contributed by atoms with Crippen LogP contribution in [0.4, 0.5) is 0 Å². The molecule has 1 aromatic rings. The van der Waals surface area contributed by atoms with Crippen LogP contribution < -0.4 is 14.8 Å². The van der Waals surface area contributed by atoms with E-state index in [2.05, 4.69) is 24.4 Å². The molecule has 0 amide bonds. The molecule has 0 aliphatic rings. The van der Waals surface area contributed by atoms with Gasteiger partial charge in [-0.15, -0.1) is 0 Å². The van der Waals surface area contributed by atoms with Gasteiger partial charge < -0.3 is 14.8 Å². The van der Waals surface area contributed by atoms with E-state index < -0.39 is 0 Å². The second kappa shape index (κ2) is 6.18. The largest absolute Gasteiger partial charge is 0.493 e. The van der Waals surface area contributed by atoms with E-state index in [1.165, 1.54) is 0 Å². The maximum Gasteiger partial charge on any atom is 0.161 e. The van der Waals surface area contributed by atoms with Crippen molar-refractivity contribution >= 4 is 6.08 Å². The Balaban J connectivity index is 2.86. The second-order valence-electron chi connectivity index (χ2n) is 3.55. The molecule has 0 heterocycles. The van der Waals surface area contributed by atoms with Gasteiger partial charge in [-0.2, -0.15) is 0 Å². The lowest BCUT2D eigenvalue weighted by Gasteiger charge is -2.08. The van der Waals surface area contributed by atoms with E-state index in [1.807, 2.05) is 25.2 Å². The molecule has 0 spiro atoms. The lowest BCUT2D eigenvalue weighted by atomic mass is 10.1. The molecular formula is C13H19NO2. The minimum absolute atomic E-state index is 0.355. The van der Waals surface area contributed by atoms with Crippen LogP contribution in [-0.2, 0) is 0 Å². The summed E-state index contributed by atoms with van der Waals surface area (Å²) in [6, 6.07) is 6.22. The van der Waals surface area contributed by atoms with Crippen LogP contribution in [0.25, 0.3) is 6.08 Å². The lowest BCUT2D eigenvalue weighted by Crippen LogP contribution is -2.17. The normalized spacial score (nSPS) is 12.8. The van der Waals surface area contributed by atoms with E-state index in [0.717, 1.165) is 17.1 Å². The molecule has 16 heavy (non-hydrogen) atoms. The summed E-state index contributed by atoms with van der Waals surface area (Å²) >= 11 is 0. The van der Waals surface area contributed by atoms with Crippen molar-refractivity contribution < 1.29 is 9.47 Å². The first kappa shape index (κ1) is 12.6. The zero-order chi connectivity index (χ0) is 12.0. The van der Waals surface area contributed by atoms with Gasteiger partial charge in [0, 0.05) is 6.04 Å². The van der Waals surface area contributed by atoms with Gasteiger partial charge in [0.15, 0.2) is 11.5 Å². The standard InChI is InChI=1S/C13H19NO2/c1-10(14-2)5-6-11-7-8-12(15-3)13(9-11)16-4/h5-10,14H,1-4H3/b6-5+. The van der Waals surface area contributed by atoms with Gasteiger partial charge in [0.25, 0.3) is 0 Å². The number of ether oxygens (including phenoxy) is 2. The quantitative estimate of drug-likeness (QED) is 0.827. The Morgan fingerprint density at radius 1 is 1.19 bits per heavy atom. The average molecular weight is 221 g/mol. The fraction of sp³-hybridized carbons (Fsp3) is 0.385. The Morgan fingerprint density at radius 2 is 1.88 bits per heavy atom. The van der Waals surface area contributed by atoms with Crippen molar-refractivity contribution in [1.29, 1.82) is 0 Å². The van der Waals surface area contributed by atoms with Gasteiger partial charge in [0.1, 0.15) is 0 Å². The number of likely N-dealkylation sites (N-methyl/N-ethyl adjacent to an activating group) is 1. The molecule has 0 aliphatic heterocycles. The van der Waals surface area contributed by atoms with E-state index >= 15 is 0 Å². The second-order valence-corrected chi connectivity index (χ2v) is 3.55. The minimum atomic E-state index is 0.355. The van der Waals surface area contributed by atoms with Crippen molar-refractivity contribution in [2.75, 3.05) is 21.3 Å². The summed E-state index contributed by atoms with van der Waals surface area (Å²) < 4.78 is 10.4. The zero-order valence-electron chi connectivity index (χ0n) is 10.3. The van der Waals surface area contributed by atoms with E-state index in [9.17, 15) is 0 Å². The Hall–Kier alpha value is -1.48. The van der Waals surface area contributed by atoms with Gasteiger partial charge in [0.05, 0.1) is 14.2 Å². The number of hydrogen-bond donors (Lipinski definition) is 1. The maximum atomic E-state index is 5.24. The number of hydrogen-bond acceptors (Lipinski definition) is 3. The molecule has 88 valence electrons. The topological polar surface area (TPSA) is 30.5 Å². The molecule has 1 atom stereocenters. The predicted octanol–water partition coefficient (Wildman–Crippen LogP) is 2.32. The monoisotopic (exact) mass is 221 g/mol. The fourth-order valence-corrected chi connectivity index (χ4v) is 1.31. The lowest BCUT2D eigenvalue weighted by molar-refractivity contribution is 0.355. The van der Waals surface area contributed by atoms with Crippen molar-refractivity contribution in [2.24, 2.45) is 0 Å². The van der Waals surface area contributed by atoms with Crippen LogP contribution in [0.3, 0.4) is 0 Å². The molecule has 3 nitrogen and oxygen atoms in total. The molecule has 0 aliphatic carbocycles. The molecule has 0 radical (unpaired) electrons. The first-order valence-corrected chi connectivity index (χ1v) is 5.28. The Labute approximate surface area is 97.1 Å². The molecule has 0 fully saturated rings. The van der Waals surface area contributed by atoms with E-state index in [0.29, 0.717) is 6.04 Å². The third-order valence-electron chi connectivity index (χ3n) is 2.44. The van der Waals surface area contributed by atoms with E-state index in [-0.39, 0.29) is 0 Å². The predicted molar refractivity (Wildman–Crippen MR) is 67.1 cm³/mol. The molecular weight excluding hydrogens is 202 g/mol. The SMILES string of the molecule is CNC(C)/C=C/c1ccc(OC)c(OC)c1. The molecule has 1 rings (SSSR count). The van der Waals surface area contributed by atoms with Crippen molar-refractivity contribution in [2.45, 2.75) is 13.0 Å². The highest BCUT2D eigenvalue weighted by Gasteiger charge is 2.02. The Morgan fingerprint density at radius 3 is 2.44 bits per heavy atom. The maximum absolute atomic E-state index is 5.24. The van der Waals surface area contributed by atoms with Gasteiger partial charge in [-0.1, -0.05) is 18.2 Å². The summed E-state index contributed by atoms with van der Waals surface area (Å²) in [6.45, 7) is 2.09. The smallest absolute Gasteiger partial charge is 0.161 e. The highest BCUT2D eigenvalue weighted by atomic mass is 16.5. The highest BCUT2D eigenvalue weighted by molar-refractivity contribution is 5.56. The molecule has 1 aromatic carbocycles. The molecule has 1 N–H and O–H groups in total. The number of rotatable bonds is 5. The van der Waals surface area contributed by atoms with E-state index in [4.69, 9.17) is 9.47 Å². The minimum Gasteiger partial charge on any atom is -0.493 e. The van der Waals surface area contributed by atoms with Crippen LogP contribution in [0.1, 0.15) is 12.5 Å². The van der Waals surface area contributed by atoms with Crippen molar-refractivity contribution in [3.05, 3.63) is 29.8 Å². The van der Waals surface area contributed by atoms with Gasteiger partial charge in [0.2, 0.25) is 0 Å². The first-order chi connectivity index (χ1) is 7.71. The third-order valence-corrected chi connectivity index (χ3v) is 2.44. The van der Waals surface area contributed by atoms with Crippen LogP contribution in [0.5, 0.6) is 11.5 Å². The van der Waals surface area contributed by atoms with Crippen LogP contribution in [0.2, 0.25) is 0 Å². The van der Waals surface area contributed by atoms with Crippen molar-refractivity contribution in [3.8, 4) is 11.5 Å². The Kier molecular flexibility index (Phi) is 4.86. The fourth-order valence-electron chi connectivity index (χ4n) is 1.31. The van der Waals surface area contributed by atoms with Gasteiger partial charge in [-0.25, -0.2) is 0 Å². The van der Waals surface area contributed by atoms with Crippen molar-refractivity contribution in [1.82, 2.24) is 5.32 Å². The van der Waals surface area contributed by atoms with Gasteiger partial charge >= 0.3 is 0 Å². The van der Waals surface area contributed by atoms with Crippen molar-refractivity contribution in [3.63, 3.8) is 0 Å². The molecule has 1 unspecified atom stereocenters. The first-order valence-electron chi connectivity index (χ1n) is 5.28. The summed E-state index contributed by atoms with van der Waals surface area (Å²) in [7, 11) is 5.21. The number of nitrogens with one attached hydrogen (secondary N) is 1. The summed E-state index contributed by atoms with van der Waals surface area (Å²) in [5.74, 6) is 1.50. The highest BCUT2D eigenvalue weighted by Crippen LogP contribution is 2.27. The third kappa shape index (κ3) is 3.28. The number of benzene rings is 1. The van der Waals surface area contributed by atoms with E-state index in [1.54, 1.807) is 14.2 Å². The summed E-state index contributed by atoms with van der Waals surface area (Å²) in [6.07, 6.45) is 4.16. The zero-order valence-corrected chi connectivity index (χ0v) is 10.3. The Bertz CT molecular complexity index is 361. The average Bonchev–Trinajstić information content (AvgIpc) is 2.35. The van der Waals surface area contributed by atoms with Gasteiger partial charge in [-0.3, -0.25) is 0 Å². The van der Waals surface area contributed by atoms with Crippen LogP contribution in [0.15, 0.2) is 24.3 Å². The van der Waals surface area contributed by atoms with Crippen LogP contribution >= 0.6 is 0 Å². The molecule has 3 heteroatoms. The molecule has 0 saturated heterocycles. The molecule has 0 saturated carbocycles. The summed E-state index contributed by atoms with van der Waals surface area (Å²) in [4.78, 5) is 0. The summed E-state index contributed by atoms with van der Waals surface area (Å²) in [5.41, 5.74) is 1.10. The number of methoxy groups -OCH3 is 2. The van der Waals surface area contributed by atoms with Crippen LogP contribution in [0, 0.1) is 0 Å².